The number of carbonyl (C=O) groups is 1. The molecular formula is C7H10O3. The van der Waals surface area contributed by atoms with Gasteiger partial charge in [0.05, 0.1) is 6.26 Å². The van der Waals surface area contributed by atoms with Crippen LogP contribution >= 0.6 is 0 Å². The fourth-order valence-electron chi connectivity index (χ4n) is 0.932. The lowest BCUT2D eigenvalue weighted by atomic mass is 9.88. The summed E-state index contributed by atoms with van der Waals surface area (Å²) in [6.45, 7) is 3.66. The Morgan fingerprint density at radius 3 is 2.50 bits per heavy atom. The molecular weight excluding hydrogens is 132 g/mol. The van der Waals surface area contributed by atoms with Crippen molar-refractivity contribution < 1.29 is 14.6 Å². The van der Waals surface area contributed by atoms with E-state index in [2.05, 4.69) is 0 Å². The monoisotopic (exact) mass is 142 g/mol. The minimum absolute atomic E-state index is 0.369. The van der Waals surface area contributed by atoms with E-state index < -0.39 is 12.1 Å². The lowest BCUT2D eigenvalue weighted by molar-refractivity contribution is -0.149. The smallest absolute Gasteiger partial charge is 0.345 e. The molecule has 0 aromatic carbocycles. The van der Waals surface area contributed by atoms with Crippen molar-refractivity contribution in [2.45, 2.75) is 20.0 Å². The van der Waals surface area contributed by atoms with E-state index >= 15 is 0 Å². The molecule has 1 rings (SSSR count). The highest BCUT2D eigenvalue weighted by Gasteiger charge is 2.37. The van der Waals surface area contributed by atoms with Crippen molar-refractivity contribution in [3.05, 3.63) is 12.3 Å². The van der Waals surface area contributed by atoms with Crippen LogP contribution in [0.2, 0.25) is 0 Å². The third kappa shape index (κ3) is 0.988. The molecule has 0 aliphatic carbocycles. The first-order valence-electron chi connectivity index (χ1n) is 3.10. The molecule has 0 aromatic heterocycles. The fourth-order valence-corrected chi connectivity index (χ4v) is 0.932. The Bertz CT molecular complexity index is 181. The van der Waals surface area contributed by atoms with Gasteiger partial charge in [0.15, 0.2) is 0 Å². The average molecular weight is 142 g/mol. The fraction of sp³-hybridized carbons (Fsp3) is 0.571. The molecule has 1 aliphatic rings. The summed E-state index contributed by atoms with van der Waals surface area (Å²) in [5.74, 6) is -0.907. The van der Waals surface area contributed by atoms with E-state index in [-0.39, 0.29) is 5.41 Å². The van der Waals surface area contributed by atoms with Gasteiger partial charge in [-0.15, -0.1) is 0 Å². The van der Waals surface area contributed by atoms with E-state index in [4.69, 9.17) is 9.84 Å². The largest absolute Gasteiger partial charge is 0.486 e. The van der Waals surface area contributed by atoms with Crippen molar-refractivity contribution in [2.24, 2.45) is 5.41 Å². The van der Waals surface area contributed by atoms with Gasteiger partial charge in [0, 0.05) is 5.41 Å². The van der Waals surface area contributed by atoms with Crippen LogP contribution in [0.5, 0.6) is 0 Å². The number of hydrogen-bond acceptors (Lipinski definition) is 2. The van der Waals surface area contributed by atoms with Gasteiger partial charge in [-0.2, -0.15) is 0 Å². The van der Waals surface area contributed by atoms with Gasteiger partial charge in [0.1, 0.15) is 0 Å². The minimum atomic E-state index is -0.907. The van der Waals surface area contributed by atoms with Gasteiger partial charge in [0.2, 0.25) is 6.10 Å². The zero-order valence-corrected chi connectivity index (χ0v) is 6.00. The van der Waals surface area contributed by atoms with Crippen LogP contribution in [0, 0.1) is 5.41 Å². The Balaban J connectivity index is 2.75. The Labute approximate surface area is 59.3 Å². The Morgan fingerprint density at radius 2 is 2.30 bits per heavy atom. The molecule has 0 saturated carbocycles. The first-order valence-corrected chi connectivity index (χ1v) is 3.10. The van der Waals surface area contributed by atoms with Crippen molar-refractivity contribution in [2.75, 3.05) is 0 Å². The number of carboxylic acid groups (broad SMARTS) is 1. The summed E-state index contributed by atoms with van der Waals surface area (Å²) in [6, 6.07) is 0. The second-order valence-electron chi connectivity index (χ2n) is 2.98. The highest BCUT2D eigenvalue weighted by atomic mass is 16.5. The van der Waals surface area contributed by atoms with Gasteiger partial charge in [-0.25, -0.2) is 4.79 Å². The Hall–Kier alpha value is -0.990. The van der Waals surface area contributed by atoms with E-state index in [1.165, 1.54) is 6.26 Å². The van der Waals surface area contributed by atoms with Gasteiger partial charge in [-0.05, 0) is 6.08 Å². The lowest BCUT2D eigenvalue weighted by Gasteiger charge is -2.19. The van der Waals surface area contributed by atoms with E-state index in [0.29, 0.717) is 0 Å². The first-order chi connectivity index (χ1) is 4.54. The van der Waals surface area contributed by atoms with Gasteiger partial charge in [0.25, 0.3) is 0 Å². The van der Waals surface area contributed by atoms with Crippen LogP contribution in [0.15, 0.2) is 12.3 Å². The zero-order valence-electron chi connectivity index (χ0n) is 6.00. The average Bonchev–Trinajstić information content (AvgIpc) is 2.08. The molecule has 0 fully saturated rings. The molecule has 0 amide bonds. The molecule has 1 atom stereocenters. The lowest BCUT2D eigenvalue weighted by Crippen LogP contribution is -2.32. The highest BCUT2D eigenvalue weighted by Crippen LogP contribution is 2.30. The predicted octanol–water partition coefficient (Wildman–Crippen LogP) is 1.01. The Morgan fingerprint density at radius 1 is 1.70 bits per heavy atom. The Kier molecular flexibility index (Phi) is 1.43. The topological polar surface area (TPSA) is 46.5 Å². The van der Waals surface area contributed by atoms with Gasteiger partial charge < -0.3 is 9.84 Å². The second kappa shape index (κ2) is 2.01. The summed E-state index contributed by atoms with van der Waals surface area (Å²) >= 11 is 0. The summed E-state index contributed by atoms with van der Waals surface area (Å²) in [5, 5.41) is 8.58. The van der Waals surface area contributed by atoms with Gasteiger partial charge >= 0.3 is 5.97 Å². The molecule has 0 spiro atoms. The number of ether oxygens (including phenoxy) is 1. The molecule has 10 heavy (non-hydrogen) atoms. The van der Waals surface area contributed by atoms with Crippen LogP contribution in [-0.4, -0.2) is 17.2 Å². The molecule has 56 valence electrons. The number of carboxylic acids is 1. The van der Waals surface area contributed by atoms with Crippen molar-refractivity contribution in [1.82, 2.24) is 0 Å². The highest BCUT2D eigenvalue weighted by molar-refractivity contribution is 5.74. The normalized spacial score (nSPS) is 28.0. The van der Waals surface area contributed by atoms with Crippen LogP contribution in [0.4, 0.5) is 0 Å². The van der Waals surface area contributed by atoms with Crippen molar-refractivity contribution in [3.8, 4) is 0 Å². The van der Waals surface area contributed by atoms with Crippen LogP contribution in [0.1, 0.15) is 13.8 Å². The molecule has 1 aliphatic heterocycles. The molecule has 0 saturated heterocycles. The molecule has 0 radical (unpaired) electrons. The van der Waals surface area contributed by atoms with Crippen LogP contribution in [0.25, 0.3) is 0 Å². The maximum Gasteiger partial charge on any atom is 0.345 e. The SMILES string of the molecule is CC1(C)C=COC1C(=O)O. The quantitative estimate of drug-likeness (QED) is 0.594. The van der Waals surface area contributed by atoms with Crippen LogP contribution in [-0.2, 0) is 9.53 Å². The third-order valence-electron chi connectivity index (χ3n) is 1.61. The summed E-state index contributed by atoms with van der Waals surface area (Å²) < 4.78 is 4.85. The molecule has 1 heterocycles. The molecule has 0 bridgehead atoms. The van der Waals surface area contributed by atoms with E-state index in [9.17, 15) is 4.79 Å². The molecule has 0 aromatic rings. The minimum Gasteiger partial charge on any atom is -0.486 e. The summed E-state index contributed by atoms with van der Waals surface area (Å²) in [5.41, 5.74) is -0.369. The van der Waals surface area contributed by atoms with E-state index in [0.717, 1.165) is 0 Å². The predicted molar refractivity (Wildman–Crippen MR) is 35.4 cm³/mol. The second-order valence-corrected chi connectivity index (χ2v) is 2.98. The van der Waals surface area contributed by atoms with E-state index in [1.54, 1.807) is 6.08 Å². The van der Waals surface area contributed by atoms with Gasteiger partial charge in [-0.1, -0.05) is 13.8 Å². The standard InChI is InChI=1S/C7H10O3/c1-7(2)3-4-10-5(7)6(8)9/h3-5H,1-2H3,(H,8,9). The van der Waals surface area contributed by atoms with Crippen molar-refractivity contribution in [3.63, 3.8) is 0 Å². The number of aliphatic carboxylic acids is 1. The summed E-state index contributed by atoms with van der Waals surface area (Å²) in [7, 11) is 0. The number of hydrogen-bond donors (Lipinski definition) is 1. The van der Waals surface area contributed by atoms with Crippen molar-refractivity contribution in [1.29, 1.82) is 0 Å². The van der Waals surface area contributed by atoms with Crippen LogP contribution in [0.3, 0.4) is 0 Å². The number of rotatable bonds is 1. The first kappa shape index (κ1) is 7.12. The molecule has 3 heteroatoms. The molecule has 3 nitrogen and oxygen atoms in total. The zero-order chi connectivity index (χ0) is 7.78. The molecule has 1 unspecified atom stereocenters. The van der Waals surface area contributed by atoms with Crippen LogP contribution < -0.4 is 0 Å². The van der Waals surface area contributed by atoms with Gasteiger partial charge in [-0.3, -0.25) is 0 Å². The summed E-state index contributed by atoms with van der Waals surface area (Å²) in [6.07, 6.45) is 2.48. The maximum absolute atomic E-state index is 10.5. The third-order valence-corrected chi connectivity index (χ3v) is 1.61. The summed E-state index contributed by atoms with van der Waals surface area (Å²) in [4.78, 5) is 10.5. The maximum atomic E-state index is 10.5. The molecule has 1 N–H and O–H groups in total. The van der Waals surface area contributed by atoms with E-state index in [1.807, 2.05) is 13.8 Å². The van der Waals surface area contributed by atoms with Crippen molar-refractivity contribution >= 4 is 5.97 Å².